The third-order valence-corrected chi connectivity index (χ3v) is 5.59. The van der Waals surface area contributed by atoms with E-state index in [1.165, 1.54) is 5.39 Å². The van der Waals surface area contributed by atoms with Gasteiger partial charge in [0, 0.05) is 16.5 Å². The zero-order valence-corrected chi connectivity index (χ0v) is 15.2. The highest BCUT2D eigenvalue weighted by Gasteiger charge is 2.11. The molecule has 0 unspecified atom stereocenters. The number of para-hydroxylation sites is 3. The predicted molar refractivity (Wildman–Crippen MR) is 111 cm³/mol. The van der Waals surface area contributed by atoms with Crippen LogP contribution in [0.15, 0.2) is 82.6 Å². The second-order valence-electron chi connectivity index (χ2n) is 6.30. The van der Waals surface area contributed by atoms with Crippen molar-refractivity contribution in [1.82, 2.24) is 15.0 Å². The Morgan fingerprint density at radius 3 is 2.26 bits per heavy atom. The number of nitrogens with zero attached hydrogens (tertiary/aromatic N) is 2. The topological polar surface area (TPSA) is 58.6 Å². The number of benzene rings is 3. The van der Waals surface area contributed by atoms with Crippen molar-refractivity contribution in [3.05, 3.63) is 88.8 Å². The minimum Gasteiger partial charge on any atom is -0.319 e. The number of nitrogens with one attached hydrogen (secondary N) is 1. The number of fused-ring (bicyclic) bond motifs is 4. The largest absolute Gasteiger partial charge is 0.319 e. The standard InChI is InChI=1S/C22H15N3OS/c26-21-20(23-18-11-5-6-12-19(18)24-21)13-27-22-16-9-2-1-7-14(16)15-8-3-4-10-17(15)25-22/h1-12H,13H2,(H,24,26). The summed E-state index contributed by atoms with van der Waals surface area (Å²) in [7, 11) is 0. The second-order valence-corrected chi connectivity index (χ2v) is 7.26. The SMILES string of the molecule is O=c1[nH]c2ccccc2nc1CSc1nc2ccccc2c2ccccc12. The molecule has 5 heteroatoms. The van der Waals surface area contributed by atoms with Gasteiger partial charge in [-0.05, 0) is 23.6 Å². The third-order valence-electron chi connectivity index (χ3n) is 4.59. The van der Waals surface area contributed by atoms with Crippen molar-refractivity contribution in [1.29, 1.82) is 0 Å². The summed E-state index contributed by atoms with van der Waals surface area (Å²) in [4.78, 5) is 24.7. The summed E-state index contributed by atoms with van der Waals surface area (Å²) < 4.78 is 0. The number of hydrogen-bond acceptors (Lipinski definition) is 4. The van der Waals surface area contributed by atoms with Crippen LogP contribution >= 0.6 is 11.8 Å². The summed E-state index contributed by atoms with van der Waals surface area (Å²) in [5.74, 6) is 0.468. The summed E-state index contributed by atoms with van der Waals surface area (Å²) in [6.45, 7) is 0. The van der Waals surface area contributed by atoms with Crippen molar-refractivity contribution in [3.63, 3.8) is 0 Å². The Hall–Kier alpha value is -3.18. The quantitative estimate of drug-likeness (QED) is 0.362. The molecule has 5 rings (SSSR count). The lowest BCUT2D eigenvalue weighted by Crippen LogP contribution is -2.14. The number of aromatic nitrogens is 3. The van der Waals surface area contributed by atoms with E-state index < -0.39 is 0 Å². The van der Waals surface area contributed by atoms with Crippen LogP contribution in [0.1, 0.15) is 5.69 Å². The van der Waals surface area contributed by atoms with Gasteiger partial charge in [-0.2, -0.15) is 0 Å². The fourth-order valence-electron chi connectivity index (χ4n) is 3.29. The van der Waals surface area contributed by atoms with Crippen LogP contribution < -0.4 is 5.56 Å². The van der Waals surface area contributed by atoms with E-state index in [2.05, 4.69) is 28.2 Å². The van der Waals surface area contributed by atoms with Crippen LogP contribution in [0.2, 0.25) is 0 Å². The van der Waals surface area contributed by atoms with Crippen LogP contribution in [0, 0.1) is 0 Å². The molecule has 0 fully saturated rings. The lowest BCUT2D eigenvalue weighted by atomic mass is 10.1. The maximum absolute atomic E-state index is 12.4. The minimum absolute atomic E-state index is 0.147. The van der Waals surface area contributed by atoms with Gasteiger partial charge >= 0.3 is 0 Å². The molecular formula is C22H15N3OS. The van der Waals surface area contributed by atoms with E-state index >= 15 is 0 Å². The van der Waals surface area contributed by atoms with Crippen LogP contribution in [0.4, 0.5) is 0 Å². The number of hydrogen-bond donors (Lipinski definition) is 1. The zero-order chi connectivity index (χ0) is 18.2. The molecule has 3 aromatic carbocycles. The third kappa shape index (κ3) is 2.86. The molecule has 0 aliphatic carbocycles. The molecule has 0 aliphatic heterocycles. The smallest absolute Gasteiger partial charge is 0.271 e. The number of thioether (sulfide) groups is 1. The highest BCUT2D eigenvalue weighted by Crippen LogP contribution is 2.32. The lowest BCUT2D eigenvalue weighted by molar-refractivity contribution is 1.10. The van der Waals surface area contributed by atoms with E-state index in [0.29, 0.717) is 11.4 Å². The summed E-state index contributed by atoms with van der Waals surface area (Å²) in [6, 6.07) is 24.0. The van der Waals surface area contributed by atoms with Crippen molar-refractivity contribution in [2.24, 2.45) is 0 Å². The molecule has 0 radical (unpaired) electrons. The molecule has 5 aromatic rings. The molecule has 130 valence electrons. The Morgan fingerprint density at radius 1 is 0.741 bits per heavy atom. The fraction of sp³-hybridized carbons (Fsp3) is 0.0455. The first-order chi connectivity index (χ1) is 13.3. The van der Waals surface area contributed by atoms with Crippen molar-refractivity contribution in [3.8, 4) is 0 Å². The van der Waals surface area contributed by atoms with Gasteiger partial charge < -0.3 is 4.98 Å². The number of rotatable bonds is 3. The molecule has 4 nitrogen and oxygen atoms in total. The van der Waals surface area contributed by atoms with Crippen molar-refractivity contribution in [2.45, 2.75) is 10.8 Å². The van der Waals surface area contributed by atoms with Crippen LogP contribution in [-0.2, 0) is 5.75 Å². The molecule has 0 saturated carbocycles. The molecule has 2 aromatic heterocycles. The maximum atomic E-state index is 12.4. The van der Waals surface area contributed by atoms with Gasteiger partial charge in [0.05, 0.1) is 16.6 Å². The van der Waals surface area contributed by atoms with Crippen LogP contribution in [0.3, 0.4) is 0 Å². The number of pyridine rings is 1. The number of aromatic amines is 1. The molecule has 0 saturated heterocycles. The molecule has 1 N–H and O–H groups in total. The highest BCUT2D eigenvalue weighted by atomic mass is 32.2. The van der Waals surface area contributed by atoms with Gasteiger partial charge in [-0.15, -0.1) is 0 Å². The average Bonchev–Trinajstić information content (AvgIpc) is 2.72. The minimum atomic E-state index is -0.147. The number of H-pyrrole nitrogens is 1. The van der Waals surface area contributed by atoms with Gasteiger partial charge in [0.2, 0.25) is 0 Å². The maximum Gasteiger partial charge on any atom is 0.271 e. The normalized spacial score (nSPS) is 11.4. The van der Waals surface area contributed by atoms with E-state index in [1.54, 1.807) is 11.8 Å². The Labute approximate surface area is 159 Å². The molecule has 0 spiro atoms. The lowest BCUT2D eigenvalue weighted by Gasteiger charge is -2.09. The first kappa shape index (κ1) is 16.0. The van der Waals surface area contributed by atoms with Gasteiger partial charge in [0.25, 0.3) is 5.56 Å². The molecule has 2 heterocycles. The first-order valence-electron chi connectivity index (χ1n) is 8.68. The summed E-state index contributed by atoms with van der Waals surface area (Å²) >= 11 is 1.55. The molecular weight excluding hydrogens is 354 g/mol. The molecule has 0 aliphatic rings. The molecule has 0 bridgehead atoms. The first-order valence-corrected chi connectivity index (χ1v) is 9.66. The van der Waals surface area contributed by atoms with Gasteiger partial charge in [0.1, 0.15) is 10.7 Å². The van der Waals surface area contributed by atoms with E-state index in [1.807, 2.05) is 54.6 Å². The molecule has 0 amide bonds. The monoisotopic (exact) mass is 369 g/mol. The Morgan fingerprint density at radius 2 is 1.41 bits per heavy atom. The van der Waals surface area contributed by atoms with E-state index in [4.69, 9.17) is 4.98 Å². The van der Waals surface area contributed by atoms with Gasteiger partial charge in [-0.25, -0.2) is 9.97 Å². The Bertz CT molecular complexity index is 1360. The second kappa shape index (κ2) is 6.52. The summed E-state index contributed by atoms with van der Waals surface area (Å²) in [5.41, 5.74) is 2.87. The van der Waals surface area contributed by atoms with Gasteiger partial charge in [-0.1, -0.05) is 66.4 Å². The summed E-state index contributed by atoms with van der Waals surface area (Å²) in [6.07, 6.45) is 0. The fourth-order valence-corrected chi connectivity index (χ4v) is 4.25. The highest BCUT2D eigenvalue weighted by molar-refractivity contribution is 7.98. The average molecular weight is 369 g/mol. The zero-order valence-electron chi connectivity index (χ0n) is 14.3. The van der Waals surface area contributed by atoms with Gasteiger partial charge in [0.15, 0.2) is 0 Å². The van der Waals surface area contributed by atoms with Crippen LogP contribution in [0.5, 0.6) is 0 Å². The summed E-state index contributed by atoms with van der Waals surface area (Å²) in [5, 5.41) is 4.32. The van der Waals surface area contributed by atoms with Crippen molar-refractivity contribution in [2.75, 3.05) is 0 Å². The Kier molecular flexibility index (Phi) is 3.87. The van der Waals surface area contributed by atoms with Crippen molar-refractivity contribution < 1.29 is 0 Å². The van der Waals surface area contributed by atoms with E-state index in [9.17, 15) is 4.79 Å². The van der Waals surface area contributed by atoms with Crippen LogP contribution in [-0.4, -0.2) is 15.0 Å². The molecule has 27 heavy (non-hydrogen) atoms. The Balaban J connectivity index is 1.58. The molecule has 0 atom stereocenters. The van der Waals surface area contributed by atoms with E-state index in [0.717, 1.165) is 32.3 Å². The van der Waals surface area contributed by atoms with E-state index in [-0.39, 0.29) is 5.56 Å². The van der Waals surface area contributed by atoms with Crippen LogP contribution in [0.25, 0.3) is 32.7 Å². The predicted octanol–water partition coefficient (Wildman–Crippen LogP) is 4.92. The van der Waals surface area contributed by atoms with Gasteiger partial charge in [-0.3, -0.25) is 4.79 Å². The van der Waals surface area contributed by atoms with Crippen molar-refractivity contribution >= 4 is 44.5 Å².